The predicted molar refractivity (Wildman–Crippen MR) is 78.1 cm³/mol. The molecular formula is C17H34. The van der Waals surface area contributed by atoms with Crippen molar-refractivity contribution in [2.75, 3.05) is 0 Å². The Labute approximate surface area is 110 Å². The summed E-state index contributed by atoms with van der Waals surface area (Å²) in [5, 5.41) is 0. The average Bonchev–Trinajstić information content (AvgIpc) is 2.40. The Morgan fingerprint density at radius 1 is 0.941 bits per heavy atom. The van der Waals surface area contributed by atoms with Crippen molar-refractivity contribution in [1.29, 1.82) is 0 Å². The summed E-state index contributed by atoms with van der Waals surface area (Å²) < 4.78 is 0. The molecule has 0 aromatic heterocycles. The van der Waals surface area contributed by atoms with Crippen LogP contribution in [0.4, 0.5) is 0 Å². The predicted octanol–water partition coefficient (Wildman–Crippen LogP) is 5.77. The number of hydrogen-bond acceptors (Lipinski definition) is 0. The van der Waals surface area contributed by atoms with E-state index in [1.165, 1.54) is 32.1 Å². The first-order valence-corrected chi connectivity index (χ1v) is 7.97. The van der Waals surface area contributed by atoms with Crippen LogP contribution in [0.3, 0.4) is 0 Å². The van der Waals surface area contributed by atoms with Crippen LogP contribution in [-0.2, 0) is 0 Å². The molecule has 0 heteroatoms. The van der Waals surface area contributed by atoms with Crippen LogP contribution in [0.2, 0.25) is 0 Å². The second kappa shape index (κ2) is 6.81. The summed E-state index contributed by atoms with van der Waals surface area (Å²) in [5.74, 6) is 5.63. The fraction of sp³-hybridized carbons (Fsp3) is 1.00. The zero-order chi connectivity index (χ0) is 13.0. The minimum atomic E-state index is 0.868. The van der Waals surface area contributed by atoms with Crippen LogP contribution in [0, 0.1) is 35.5 Å². The fourth-order valence-electron chi connectivity index (χ4n) is 4.03. The third kappa shape index (κ3) is 4.00. The van der Waals surface area contributed by atoms with E-state index in [9.17, 15) is 0 Å². The van der Waals surface area contributed by atoms with Crippen molar-refractivity contribution < 1.29 is 0 Å². The van der Waals surface area contributed by atoms with E-state index in [0.29, 0.717) is 0 Å². The SMILES string of the molecule is CCCC1CC(C(C)C)C(C(C)C)CCC1C. The summed E-state index contributed by atoms with van der Waals surface area (Å²) >= 11 is 0. The molecule has 4 atom stereocenters. The lowest BCUT2D eigenvalue weighted by molar-refractivity contribution is 0.166. The molecule has 0 saturated heterocycles. The Kier molecular flexibility index (Phi) is 6.03. The summed E-state index contributed by atoms with van der Waals surface area (Å²) in [6.07, 6.45) is 7.26. The third-order valence-corrected chi connectivity index (χ3v) is 5.26. The van der Waals surface area contributed by atoms with Crippen LogP contribution in [-0.4, -0.2) is 0 Å². The second-order valence-corrected chi connectivity index (χ2v) is 7.15. The van der Waals surface area contributed by atoms with E-state index < -0.39 is 0 Å². The molecule has 0 amide bonds. The highest BCUT2D eigenvalue weighted by Gasteiger charge is 2.34. The summed E-state index contributed by atoms with van der Waals surface area (Å²) in [7, 11) is 0. The van der Waals surface area contributed by atoms with Gasteiger partial charge in [-0.2, -0.15) is 0 Å². The molecule has 0 spiro atoms. The Morgan fingerprint density at radius 3 is 2.00 bits per heavy atom. The Hall–Kier alpha value is 0. The quantitative estimate of drug-likeness (QED) is 0.546. The molecule has 0 N–H and O–H groups in total. The van der Waals surface area contributed by atoms with Gasteiger partial charge in [-0.3, -0.25) is 0 Å². The van der Waals surface area contributed by atoms with Crippen LogP contribution in [0.15, 0.2) is 0 Å². The van der Waals surface area contributed by atoms with Crippen molar-refractivity contribution in [1.82, 2.24) is 0 Å². The van der Waals surface area contributed by atoms with Gasteiger partial charge in [-0.05, 0) is 48.3 Å². The molecule has 17 heavy (non-hydrogen) atoms. The Morgan fingerprint density at radius 2 is 1.53 bits per heavy atom. The molecule has 4 unspecified atom stereocenters. The molecule has 0 aromatic rings. The third-order valence-electron chi connectivity index (χ3n) is 5.26. The molecule has 0 nitrogen and oxygen atoms in total. The first kappa shape index (κ1) is 15.1. The van der Waals surface area contributed by atoms with Gasteiger partial charge in [0.1, 0.15) is 0 Å². The average molecular weight is 238 g/mol. The zero-order valence-electron chi connectivity index (χ0n) is 13.0. The van der Waals surface area contributed by atoms with Gasteiger partial charge < -0.3 is 0 Å². The first-order chi connectivity index (χ1) is 7.97. The summed E-state index contributed by atoms with van der Waals surface area (Å²) in [6, 6.07) is 0. The van der Waals surface area contributed by atoms with Crippen molar-refractivity contribution >= 4 is 0 Å². The van der Waals surface area contributed by atoms with E-state index in [0.717, 1.165) is 35.5 Å². The van der Waals surface area contributed by atoms with Crippen molar-refractivity contribution in [3.8, 4) is 0 Å². The molecule has 0 radical (unpaired) electrons. The monoisotopic (exact) mass is 238 g/mol. The normalized spacial score (nSPS) is 35.3. The number of rotatable bonds is 4. The van der Waals surface area contributed by atoms with E-state index in [4.69, 9.17) is 0 Å². The van der Waals surface area contributed by atoms with Gasteiger partial charge in [0.15, 0.2) is 0 Å². The maximum Gasteiger partial charge on any atom is -0.0358 e. The molecule has 0 aromatic carbocycles. The van der Waals surface area contributed by atoms with Gasteiger partial charge in [-0.25, -0.2) is 0 Å². The van der Waals surface area contributed by atoms with Crippen LogP contribution in [0.25, 0.3) is 0 Å². The topological polar surface area (TPSA) is 0 Å². The van der Waals surface area contributed by atoms with Crippen LogP contribution in [0.5, 0.6) is 0 Å². The van der Waals surface area contributed by atoms with Gasteiger partial charge >= 0.3 is 0 Å². The maximum absolute atomic E-state index is 2.50. The fourth-order valence-corrected chi connectivity index (χ4v) is 4.03. The summed E-state index contributed by atoms with van der Waals surface area (Å²) in [6.45, 7) is 14.6. The molecule has 0 bridgehead atoms. The van der Waals surface area contributed by atoms with Crippen molar-refractivity contribution in [3.63, 3.8) is 0 Å². The standard InChI is InChI=1S/C17H34/c1-7-8-15-11-17(13(4)5)16(12(2)3)10-9-14(15)6/h12-17H,7-11H2,1-6H3. The van der Waals surface area contributed by atoms with Crippen molar-refractivity contribution in [2.24, 2.45) is 35.5 Å². The largest absolute Gasteiger partial charge is 0.0654 e. The lowest BCUT2D eigenvalue weighted by Gasteiger charge is -2.33. The van der Waals surface area contributed by atoms with Gasteiger partial charge in [0.25, 0.3) is 0 Å². The Balaban J connectivity index is 2.78. The summed E-state index contributed by atoms with van der Waals surface area (Å²) in [4.78, 5) is 0. The molecule has 0 heterocycles. The van der Waals surface area contributed by atoms with E-state index >= 15 is 0 Å². The highest BCUT2D eigenvalue weighted by molar-refractivity contribution is 4.84. The molecule has 1 aliphatic rings. The number of hydrogen-bond donors (Lipinski definition) is 0. The maximum atomic E-state index is 2.50. The summed E-state index contributed by atoms with van der Waals surface area (Å²) in [5.41, 5.74) is 0. The van der Waals surface area contributed by atoms with E-state index in [1.807, 2.05) is 0 Å². The molecule has 0 aliphatic heterocycles. The highest BCUT2D eigenvalue weighted by atomic mass is 14.4. The molecule has 102 valence electrons. The van der Waals surface area contributed by atoms with Crippen LogP contribution >= 0.6 is 0 Å². The second-order valence-electron chi connectivity index (χ2n) is 7.15. The highest BCUT2D eigenvalue weighted by Crippen LogP contribution is 2.43. The molecule has 1 rings (SSSR count). The van der Waals surface area contributed by atoms with Crippen LogP contribution < -0.4 is 0 Å². The minimum absolute atomic E-state index is 0.868. The molecule has 1 fully saturated rings. The minimum Gasteiger partial charge on any atom is -0.0654 e. The van der Waals surface area contributed by atoms with Crippen molar-refractivity contribution in [2.45, 2.75) is 73.6 Å². The zero-order valence-corrected chi connectivity index (χ0v) is 13.0. The lowest BCUT2D eigenvalue weighted by atomic mass is 9.73. The van der Waals surface area contributed by atoms with E-state index in [-0.39, 0.29) is 0 Å². The van der Waals surface area contributed by atoms with Crippen molar-refractivity contribution in [3.05, 3.63) is 0 Å². The van der Waals surface area contributed by atoms with Gasteiger partial charge in [-0.15, -0.1) is 0 Å². The molecule has 1 aliphatic carbocycles. The van der Waals surface area contributed by atoms with Gasteiger partial charge in [0.05, 0.1) is 0 Å². The Bertz CT molecular complexity index is 204. The molecule has 1 saturated carbocycles. The van der Waals surface area contributed by atoms with E-state index in [1.54, 1.807) is 0 Å². The van der Waals surface area contributed by atoms with Gasteiger partial charge in [-0.1, -0.05) is 60.8 Å². The lowest BCUT2D eigenvalue weighted by Crippen LogP contribution is -2.25. The van der Waals surface area contributed by atoms with Crippen LogP contribution in [0.1, 0.15) is 73.6 Å². The van der Waals surface area contributed by atoms with E-state index in [2.05, 4.69) is 41.5 Å². The van der Waals surface area contributed by atoms with Gasteiger partial charge in [0, 0.05) is 0 Å². The van der Waals surface area contributed by atoms with Gasteiger partial charge in [0.2, 0.25) is 0 Å². The molecular weight excluding hydrogens is 204 g/mol. The first-order valence-electron chi connectivity index (χ1n) is 7.97. The smallest absolute Gasteiger partial charge is 0.0358 e.